The minimum atomic E-state index is 0.127. The zero-order valence-electron chi connectivity index (χ0n) is 7.15. The molecule has 5 heteroatoms. The molecular formula is C6H14NP4+. The fourth-order valence-electron chi connectivity index (χ4n) is 0.924. The topological polar surface area (TPSA) is 26.0 Å². The van der Waals surface area contributed by atoms with Crippen LogP contribution in [-0.4, -0.2) is 23.9 Å². The molecule has 0 aromatic carbocycles. The van der Waals surface area contributed by atoms with E-state index < -0.39 is 0 Å². The van der Waals surface area contributed by atoms with Crippen molar-refractivity contribution in [1.82, 2.24) is 0 Å². The third kappa shape index (κ3) is 2.43. The van der Waals surface area contributed by atoms with E-state index in [0.717, 1.165) is 0 Å². The molecule has 62 valence electrons. The van der Waals surface area contributed by atoms with Crippen LogP contribution in [0.4, 0.5) is 0 Å². The van der Waals surface area contributed by atoms with Gasteiger partial charge < -0.3 is 0 Å². The molecule has 1 heterocycles. The van der Waals surface area contributed by atoms with E-state index in [1.165, 1.54) is 21.8 Å². The second kappa shape index (κ2) is 4.60. The summed E-state index contributed by atoms with van der Waals surface area (Å²) in [6, 6.07) is 0. The van der Waals surface area contributed by atoms with Crippen LogP contribution in [0, 0.1) is 0 Å². The number of rotatable bonds is 1. The molecule has 2 N–H and O–H groups in total. The third-order valence-corrected chi connectivity index (χ3v) is 16.3. The summed E-state index contributed by atoms with van der Waals surface area (Å²) >= 11 is 0. The Kier molecular flexibility index (Phi) is 4.39. The molecular weight excluding hydrogens is 210 g/mol. The van der Waals surface area contributed by atoms with Crippen LogP contribution in [-0.2, 0) is 0 Å². The summed E-state index contributed by atoms with van der Waals surface area (Å²) in [5.74, 6) is 0. The van der Waals surface area contributed by atoms with Crippen LogP contribution < -0.4 is 5.73 Å². The first-order valence-electron chi connectivity index (χ1n) is 3.65. The molecule has 0 aromatic rings. The summed E-state index contributed by atoms with van der Waals surface area (Å²) in [6.07, 6.45) is 1.27. The van der Waals surface area contributed by atoms with Gasteiger partial charge >= 0.3 is 73.5 Å². The zero-order chi connectivity index (χ0) is 8.43. The van der Waals surface area contributed by atoms with Crippen LogP contribution in [0.2, 0.25) is 0 Å². The summed E-state index contributed by atoms with van der Waals surface area (Å²) in [5.41, 5.74) is 6.50. The van der Waals surface area contributed by atoms with Gasteiger partial charge in [-0.05, 0) is 0 Å². The number of hydrogen-bond acceptors (Lipinski definition) is 1. The van der Waals surface area contributed by atoms with Crippen LogP contribution in [0.1, 0.15) is 13.3 Å². The van der Waals surface area contributed by atoms with Crippen LogP contribution in [0.25, 0.3) is 0 Å². The van der Waals surface area contributed by atoms with Crippen LogP contribution in [0.5, 0.6) is 0 Å². The Morgan fingerprint density at radius 3 is 2.82 bits per heavy atom. The van der Waals surface area contributed by atoms with Crippen molar-refractivity contribution in [2.75, 3.05) is 13.3 Å². The predicted octanol–water partition coefficient (Wildman–Crippen LogP) is 3.73. The van der Waals surface area contributed by atoms with E-state index >= 15 is 0 Å². The maximum absolute atomic E-state index is 6.00. The molecule has 0 aliphatic carbocycles. The molecule has 0 aromatic heterocycles. The summed E-state index contributed by atoms with van der Waals surface area (Å²) < 4.78 is 0. The van der Waals surface area contributed by atoms with E-state index in [-0.39, 0.29) is 15.2 Å². The van der Waals surface area contributed by atoms with Gasteiger partial charge in [0, 0.05) is 0 Å². The van der Waals surface area contributed by atoms with Crippen molar-refractivity contribution < 1.29 is 0 Å². The van der Waals surface area contributed by atoms with Crippen LogP contribution in [0.3, 0.4) is 0 Å². The zero-order valence-corrected chi connectivity index (χ0v) is 10.7. The Morgan fingerprint density at radius 1 is 1.64 bits per heavy atom. The molecule has 1 nitrogen and oxygen atoms in total. The molecule has 3 atom stereocenters. The summed E-state index contributed by atoms with van der Waals surface area (Å²) in [6.45, 7) is 7.04. The average molecular weight is 224 g/mol. The first kappa shape index (κ1) is 10.5. The molecule has 1 aliphatic heterocycles. The Bertz CT molecular complexity index is 209. The first-order valence-corrected chi connectivity index (χ1v) is 10.6. The normalized spacial score (nSPS) is 39.3. The molecule has 3 unspecified atom stereocenters. The van der Waals surface area contributed by atoms with Gasteiger partial charge in [-0.2, -0.15) is 0 Å². The van der Waals surface area contributed by atoms with Gasteiger partial charge in [0.05, 0.1) is 0 Å². The third-order valence-electron chi connectivity index (χ3n) is 1.84. The Hall–Kier alpha value is 1.42. The van der Waals surface area contributed by atoms with E-state index in [2.05, 4.69) is 20.3 Å². The van der Waals surface area contributed by atoms with E-state index in [9.17, 15) is 0 Å². The van der Waals surface area contributed by atoms with Crippen molar-refractivity contribution in [1.29, 1.82) is 0 Å². The van der Waals surface area contributed by atoms with Crippen LogP contribution >= 0.6 is 30.6 Å². The molecule has 1 rings (SSSR count). The average Bonchev–Trinajstić information content (AvgIpc) is 2.01. The number of nitrogens with two attached hydrogens (primary N) is 1. The van der Waals surface area contributed by atoms with Gasteiger partial charge in [0.1, 0.15) is 0 Å². The minimum absolute atomic E-state index is 0.127. The number of hydrogen-bond donors (Lipinski definition) is 1. The first-order chi connectivity index (χ1) is 5.16. The monoisotopic (exact) mass is 224 g/mol. The van der Waals surface area contributed by atoms with E-state index in [1.807, 2.05) is 0 Å². The van der Waals surface area contributed by atoms with Gasteiger partial charge in [-0.25, -0.2) is 0 Å². The predicted molar refractivity (Wildman–Crippen MR) is 62.8 cm³/mol. The summed E-state index contributed by atoms with van der Waals surface area (Å²) in [4.78, 5) is 0. The molecule has 0 bridgehead atoms. The fraction of sp³-hybridized carbons (Fsp3) is 0.833. The Morgan fingerprint density at radius 2 is 2.27 bits per heavy atom. The van der Waals surface area contributed by atoms with Crippen molar-refractivity contribution in [3.63, 3.8) is 0 Å². The molecule has 0 spiro atoms. The van der Waals surface area contributed by atoms with E-state index in [4.69, 9.17) is 5.73 Å². The molecule has 0 amide bonds. The van der Waals surface area contributed by atoms with Gasteiger partial charge in [0.2, 0.25) is 0 Å². The standard InChI is InChI=1S/C6H14NP4/c1-4-5-8-9-6(7)11(3)10(5)2/h6H,4,7H2,1-3H3/q+1. The fourth-order valence-corrected chi connectivity index (χ4v) is 15.8. The van der Waals surface area contributed by atoms with E-state index in [1.54, 1.807) is 5.03 Å². The molecule has 0 fully saturated rings. The second-order valence-corrected chi connectivity index (χ2v) is 13.1. The molecule has 0 saturated heterocycles. The van der Waals surface area contributed by atoms with Gasteiger partial charge in [-0.15, -0.1) is 0 Å². The van der Waals surface area contributed by atoms with Gasteiger partial charge in [-0.3, -0.25) is 0 Å². The molecule has 0 radical (unpaired) electrons. The molecule has 11 heavy (non-hydrogen) atoms. The van der Waals surface area contributed by atoms with Crippen LogP contribution in [0.15, 0.2) is 0 Å². The maximum atomic E-state index is 6.00. The second-order valence-electron chi connectivity index (χ2n) is 2.50. The Labute approximate surface area is 74.0 Å². The quantitative estimate of drug-likeness (QED) is 0.674. The van der Waals surface area contributed by atoms with Gasteiger partial charge in [-0.1, -0.05) is 0 Å². The van der Waals surface area contributed by atoms with E-state index in [0.29, 0.717) is 5.52 Å². The Balaban J connectivity index is 2.87. The summed E-state index contributed by atoms with van der Waals surface area (Å²) in [5, 5.41) is 1.77. The molecule has 0 saturated carbocycles. The van der Waals surface area contributed by atoms with Crippen molar-refractivity contribution in [2.45, 2.75) is 18.9 Å². The van der Waals surface area contributed by atoms with Crippen molar-refractivity contribution in [2.24, 2.45) is 5.73 Å². The SMILES string of the molecule is CCC1=[P+]=PC(N)P(C)P1C. The van der Waals surface area contributed by atoms with Gasteiger partial charge in [0.15, 0.2) is 0 Å². The van der Waals surface area contributed by atoms with Crippen molar-refractivity contribution in [3.05, 3.63) is 0 Å². The van der Waals surface area contributed by atoms with Crippen molar-refractivity contribution in [3.8, 4) is 0 Å². The van der Waals surface area contributed by atoms with Crippen molar-refractivity contribution >= 4 is 35.6 Å². The summed E-state index contributed by atoms with van der Waals surface area (Å²) in [7, 11) is 3.28. The van der Waals surface area contributed by atoms with Gasteiger partial charge in [0.25, 0.3) is 0 Å². The molecule has 1 aliphatic rings.